The lowest BCUT2D eigenvalue weighted by atomic mass is 10.2. The van der Waals surface area contributed by atoms with Crippen LogP contribution in [0.2, 0.25) is 0 Å². The molecule has 0 saturated carbocycles. The Morgan fingerprint density at radius 1 is 1.47 bits per heavy atom. The number of nitrogens with two attached hydrogens (primary N) is 1. The summed E-state index contributed by atoms with van der Waals surface area (Å²) in [5, 5.41) is 3.11. The van der Waals surface area contributed by atoms with Gasteiger partial charge in [0.25, 0.3) is 0 Å². The molecule has 1 amide bonds. The number of hydrogen-bond donors (Lipinski definition) is 2. The summed E-state index contributed by atoms with van der Waals surface area (Å²) in [7, 11) is 3.45. The zero-order valence-corrected chi connectivity index (χ0v) is 12.1. The van der Waals surface area contributed by atoms with E-state index in [4.69, 9.17) is 10.5 Å². The van der Waals surface area contributed by atoms with Crippen molar-refractivity contribution in [2.45, 2.75) is 26.3 Å². The lowest BCUT2D eigenvalue weighted by Gasteiger charge is -2.20. The Morgan fingerprint density at radius 2 is 2.16 bits per heavy atom. The minimum Gasteiger partial charge on any atom is -0.491 e. The fraction of sp³-hybridized carbons (Fsp3) is 0.500. The number of nitrogens with one attached hydrogen (secondary N) is 1. The number of carbonyl (C=O) groups is 1. The van der Waals surface area contributed by atoms with E-state index in [2.05, 4.69) is 5.32 Å². The van der Waals surface area contributed by atoms with Crippen molar-refractivity contribution in [1.29, 1.82) is 0 Å². The number of nitrogens with zero attached hydrogens (tertiary/aromatic N) is 1. The molecule has 0 aliphatic rings. The van der Waals surface area contributed by atoms with Gasteiger partial charge in [0.1, 0.15) is 11.8 Å². The third-order valence-corrected chi connectivity index (χ3v) is 2.71. The van der Waals surface area contributed by atoms with E-state index in [-0.39, 0.29) is 11.9 Å². The normalized spacial score (nSPS) is 11.8. The number of likely N-dealkylation sites (N-methyl/N-ethyl adjacent to an activating group) is 1. The van der Waals surface area contributed by atoms with Crippen molar-refractivity contribution in [3.8, 4) is 5.75 Å². The minimum atomic E-state index is -0.335. The molecule has 0 aliphatic carbocycles. The highest BCUT2D eigenvalue weighted by molar-refractivity contribution is 5.85. The summed E-state index contributed by atoms with van der Waals surface area (Å²) < 4.78 is 5.56. The molecular weight excluding hydrogens is 242 g/mol. The van der Waals surface area contributed by atoms with Crippen molar-refractivity contribution < 1.29 is 9.53 Å². The van der Waals surface area contributed by atoms with Gasteiger partial charge in [0.15, 0.2) is 0 Å². The summed E-state index contributed by atoms with van der Waals surface area (Å²) in [6, 6.07) is 5.19. The van der Waals surface area contributed by atoms with Gasteiger partial charge in [-0.05, 0) is 25.5 Å². The Labute approximate surface area is 114 Å². The van der Waals surface area contributed by atoms with Crippen LogP contribution in [0.15, 0.2) is 18.2 Å². The average Bonchev–Trinajstić information content (AvgIpc) is 2.38. The Morgan fingerprint density at radius 3 is 2.74 bits per heavy atom. The third-order valence-electron chi connectivity index (χ3n) is 2.71. The summed E-state index contributed by atoms with van der Waals surface area (Å²) in [4.78, 5) is 13.4. The van der Waals surface area contributed by atoms with E-state index in [1.165, 1.54) is 0 Å². The van der Waals surface area contributed by atoms with E-state index in [1.807, 2.05) is 25.1 Å². The summed E-state index contributed by atoms with van der Waals surface area (Å²) >= 11 is 0. The van der Waals surface area contributed by atoms with Gasteiger partial charge in [-0.25, -0.2) is 0 Å². The number of benzene rings is 1. The first-order valence-corrected chi connectivity index (χ1v) is 6.46. The van der Waals surface area contributed by atoms with Gasteiger partial charge in [-0.1, -0.05) is 13.0 Å². The standard InChI is InChI=1S/C14H23N3O2/c1-5-9-19-12-8-6-7-11(13(12)15)16-10(2)14(18)17(3)4/h6-8,10,16H,5,9,15H2,1-4H3. The molecular formula is C14H23N3O2. The van der Waals surface area contributed by atoms with Crippen LogP contribution in [-0.4, -0.2) is 37.6 Å². The molecule has 1 rings (SSSR count). The first kappa shape index (κ1) is 15.1. The smallest absolute Gasteiger partial charge is 0.244 e. The highest BCUT2D eigenvalue weighted by Gasteiger charge is 2.16. The molecule has 0 heterocycles. The second-order valence-corrected chi connectivity index (χ2v) is 4.66. The van der Waals surface area contributed by atoms with Gasteiger partial charge < -0.3 is 20.7 Å². The molecule has 0 saturated heterocycles. The minimum absolute atomic E-state index is 0.000667. The van der Waals surface area contributed by atoms with Crippen LogP contribution in [0.5, 0.6) is 5.75 Å². The van der Waals surface area contributed by atoms with Crippen molar-refractivity contribution in [3.05, 3.63) is 18.2 Å². The fourth-order valence-corrected chi connectivity index (χ4v) is 1.69. The number of rotatable bonds is 6. The van der Waals surface area contributed by atoms with Gasteiger partial charge in [-0.3, -0.25) is 4.79 Å². The molecule has 0 aliphatic heterocycles. The zero-order valence-electron chi connectivity index (χ0n) is 12.1. The molecule has 1 aromatic rings. The highest BCUT2D eigenvalue weighted by atomic mass is 16.5. The number of para-hydroxylation sites is 1. The lowest BCUT2D eigenvalue weighted by molar-refractivity contribution is -0.129. The second kappa shape index (κ2) is 6.87. The van der Waals surface area contributed by atoms with Crippen molar-refractivity contribution in [1.82, 2.24) is 4.90 Å². The Balaban J connectivity index is 2.81. The van der Waals surface area contributed by atoms with E-state index in [9.17, 15) is 4.79 Å². The third kappa shape index (κ3) is 4.05. The van der Waals surface area contributed by atoms with E-state index in [0.717, 1.165) is 12.1 Å². The molecule has 3 N–H and O–H groups in total. The van der Waals surface area contributed by atoms with Crippen LogP contribution in [0.3, 0.4) is 0 Å². The molecule has 1 unspecified atom stereocenters. The van der Waals surface area contributed by atoms with Gasteiger partial charge >= 0.3 is 0 Å². The molecule has 5 nitrogen and oxygen atoms in total. The lowest BCUT2D eigenvalue weighted by Crippen LogP contribution is -2.36. The number of carbonyl (C=O) groups excluding carboxylic acids is 1. The van der Waals surface area contributed by atoms with Gasteiger partial charge in [0.2, 0.25) is 5.91 Å². The quantitative estimate of drug-likeness (QED) is 0.771. The molecule has 0 fully saturated rings. The van der Waals surface area contributed by atoms with E-state index >= 15 is 0 Å². The maximum atomic E-state index is 11.8. The van der Waals surface area contributed by atoms with Crippen LogP contribution in [0, 0.1) is 0 Å². The Hall–Kier alpha value is -1.91. The first-order valence-electron chi connectivity index (χ1n) is 6.46. The second-order valence-electron chi connectivity index (χ2n) is 4.66. The topological polar surface area (TPSA) is 67.6 Å². The molecule has 0 bridgehead atoms. The monoisotopic (exact) mass is 265 g/mol. The molecule has 1 atom stereocenters. The van der Waals surface area contributed by atoms with Gasteiger partial charge in [-0.2, -0.15) is 0 Å². The van der Waals surface area contributed by atoms with Crippen molar-refractivity contribution in [2.24, 2.45) is 0 Å². The van der Waals surface area contributed by atoms with Crippen molar-refractivity contribution in [2.75, 3.05) is 31.8 Å². The maximum Gasteiger partial charge on any atom is 0.244 e. The Bertz CT molecular complexity index is 433. The van der Waals surface area contributed by atoms with Crippen molar-refractivity contribution >= 4 is 17.3 Å². The number of anilines is 2. The first-order chi connectivity index (χ1) is 8.97. The maximum absolute atomic E-state index is 11.8. The number of amides is 1. The molecule has 0 aromatic heterocycles. The number of nitrogen functional groups attached to an aromatic ring is 1. The average molecular weight is 265 g/mol. The van der Waals surface area contributed by atoms with Crippen molar-refractivity contribution in [3.63, 3.8) is 0 Å². The molecule has 0 radical (unpaired) electrons. The Kier molecular flexibility index (Phi) is 5.48. The van der Waals surface area contributed by atoms with Gasteiger partial charge in [0.05, 0.1) is 18.0 Å². The SMILES string of the molecule is CCCOc1cccc(NC(C)C(=O)N(C)C)c1N. The van der Waals surface area contributed by atoms with E-state index in [1.54, 1.807) is 25.9 Å². The fourth-order valence-electron chi connectivity index (χ4n) is 1.69. The summed E-state index contributed by atoms with van der Waals surface area (Å²) in [5.74, 6) is 0.649. The van der Waals surface area contributed by atoms with E-state index < -0.39 is 0 Å². The molecule has 19 heavy (non-hydrogen) atoms. The zero-order chi connectivity index (χ0) is 14.4. The molecule has 5 heteroatoms. The number of hydrogen-bond acceptors (Lipinski definition) is 4. The van der Waals surface area contributed by atoms with Crippen LogP contribution in [0.25, 0.3) is 0 Å². The van der Waals surface area contributed by atoms with Crippen LogP contribution in [0.1, 0.15) is 20.3 Å². The van der Waals surface area contributed by atoms with Crippen LogP contribution >= 0.6 is 0 Å². The van der Waals surface area contributed by atoms with Crippen LogP contribution in [0.4, 0.5) is 11.4 Å². The molecule has 106 valence electrons. The largest absolute Gasteiger partial charge is 0.491 e. The summed E-state index contributed by atoms with van der Waals surface area (Å²) in [6.45, 7) is 4.47. The molecule has 0 spiro atoms. The molecule has 1 aromatic carbocycles. The van der Waals surface area contributed by atoms with E-state index in [0.29, 0.717) is 18.0 Å². The van der Waals surface area contributed by atoms with Gasteiger partial charge in [-0.15, -0.1) is 0 Å². The predicted molar refractivity (Wildman–Crippen MR) is 78.4 cm³/mol. The summed E-state index contributed by atoms with van der Waals surface area (Å²) in [6.07, 6.45) is 0.923. The number of ether oxygens (including phenoxy) is 1. The van der Waals surface area contributed by atoms with Crippen LogP contribution in [-0.2, 0) is 4.79 Å². The van der Waals surface area contributed by atoms with Crippen LogP contribution < -0.4 is 15.8 Å². The highest BCUT2D eigenvalue weighted by Crippen LogP contribution is 2.29. The summed E-state index contributed by atoms with van der Waals surface area (Å²) in [5.41, 5.74) is 7.29. The van der Waals surface area contributed by atoms with Gasteiger partial charge in [0, 0.05) is 14.1 Å². The predicted octanol–water partition coefficient (Wildman–Crippen LogP) is 1.95.